The van der Waals surface area contributed by atoms with Crippen LogP contribution < -0.4 is 15.5 Å². The first kappa shape index (κ1) is 23.2. The number of benzene rings is 3. The van der Waals surface area contributed by atoms with Crippen molar-refractivity contribution in [2.75, 3.05) is 11.9 Å². The van der Waals surface area contributed by atoms with Gasteiger partial charge >= 0.3 is 0 Å². The fourth-order valence-electron chi connectivity index (χ4n) is 3.12. The van der Waals surface area contributed by atoms with Crippen molar-refractivity contribution < 1.29 is 9.53 Å². The first-order chi connectivity index (χ1) is 16.6. The number of aryl methyl sites for hydroxylation is 1. The highest BCUT2D eigenvalue weighted by Gasteiger charge is 2.08. The normalized spacial score (nSPS) is 10.9. The lowest BCUT2D eigenvalue weighted by Gasteiger charge is -2.04. The van der Waals surface area contributed by atoms with Crippen LogP contribution in [0.15, 0.2) is 83.3 Å². The Balaban J connectivity index is 1.32. The third-order valence-electron chi connectivity index (χ3n) is 4.98. The summed E-state index contributed by atoms with van der Waals surface area (Å²) in [5.41, 5.74) is 7.98. The van der Waals surface area contributed by atoms with E-state index < -0.39 is 0 Å². The number of thiazole rings is 1. The number of hydrogen-bond acceptors (Lipinski definition) is 6. The van der Waals surface area contributed by atoms with Gasteiger partial charge in [-0.25, -0.2) is 10.4 Å². The molecule has 4 rings (SSSR count). The van der Waals surface area contributed by atoms with Crippen LogP contribution in [0.4, 0.5) is 10.8 Å². The van der Waals surface area contributed by atoms with Gasteiger partial charge in [-0.3, -0.25) is 4.79 Å². The number of rotatable bonds is 9. The molecule has 0 saturated carbocycles. The van der Waals surface area contributed by atoms with E-state index >= 15 is 0 Å². The van der Waals surface area contributed by atoms with Crippen molar-refractivity contribution in [2.24, 2.45) is 5.10 Å². The van der Waals surface area contributed by atoms with Gasteiger partial charge < -0.3 is 10.1 Å². The molecule has 1 amide bonds. The second-order valence-corrected chi connectivity index (χ2v) is 8.58. The highest BCUT2D eigenvalue weighted by Crippen LogP contribution is 2.27. The van der Waals surface area contributed by atoms with E-state index in [9.17, 15) is 4.79 Å². The zero-order valence-electron chi connectivity index (χ0n) is 19.1. The predicted octanol–water partition coefficient (Wildman–Crippen LogP) is 6.41. The minimum absolute atomic E-state index is 0.272. The molecule has 0 atom stereocenters. The average Bonchev–Trinajstić information content (AvgIpc) is 3.33. The van der Waals surface area contributed by atoms with E-state index in [0.29, 0.717) is 12.2 Å². The number of hydrazone groups is 1. The van der Waals surface area contributed by atoms with Crippen LogP contribution in [0.3, 0.4) is 0 Å². The maximum atomic E-state index is 12.4. The summed E-state index contributed by atoms with van der Waals surface area (Å²) < 4.78 is 5.56. The fourth-order valence-corrected chi connectivity index (χ4v) is 3.86. The molecule has 1 heterocycles. The molecule has 0 radical (unpaired) electrons. The Morgan fingerprint density at radius 1 is 1.03 bits per heavy atom. The molecule has 6 nitrogen and oxygen atoms in total. The summed E-state index contributed by atoms with van der Waals surface area (Å²) in [6, 6.07) is 23.1. The summed E-state index contributed by atoms with van der Waals surface area (Å²) in [6.45, 7) is 4.82. The molecule has 0 aliphatic heterocycles. The molecule has 1 aromatic heterocycles. The Hall–Kier alpha value is -3.97. The van der Waals surface area contributed by atoms with Crippen LogP contribution in [0.25, 0.3) is 11.3 Å². The van der Waals surface area contributed by atoms with Crippen LogP contribution in [0, 0.1) is 6.92 Å². The van der Waals surface area contributed by atoms with Gasteiger partial charge in [0.1, 0.15) is 5.75 Å². The zero-order valence-corrected chi connectivity index (χ0v) is 19.9. The summed E-state index contributed by atoms with van der Waals surface area (Å²) in [6.07, 6.45) is 2.57. The molecule has 0 aliphatic rings. The number of amides is 1. The number of carbonyl (C=O) groups excluding carboxylic acids is 1. The van der Waals surface area contributed by atoms with Crippen molar-refractivity contribution in [3.8, 4) is 17.0 Å². The van der Waals surface area contributed by atoms with Crippen molar-refractivity contribution in [2.45, 2.75) is 20.3 Å². The van der Waals surface area contributed by atoms with Crippen molar-refractivity contribution in [1.29, 1.82) is 0 Å². The summed E-state index contributed by atoms with van der Waals surface area (Å²) in [4.78, 5) is 17.1. The van der Waals surface area contributed by atoms with Gasteiger partial charge in [-0.1, -0.05) is 36.8 Å². The van der Waals surface area contributed by atoms with E-state index in [1.54, 1.807) is 18.3 Å². The van der Waals surface area contributed by atoms with Crippen LogP contribution in [0.1, 0.15) is 34.8 Å². The van der Waals surface area contributed by atoms with Crippen LogP contribution >= 0.6 is 11.3 Å². The van der Waals surface area contributed by atoms with Crippen molar-refractivity contribution >= 4 is 34.3 Å². The van der Waals surface area contributed by atoms with Gasteiger partial charge in [0.15, 0.2) is 5.13 Å². The largest absolute Gasteiger partial charge is 0.494 e. The average molecular weight is 471 g/mol. The quantitative estimate of drug-likeness (QED) is 0.219. The van der Waals surface area contributed by atoms with Gasteiger partial charge in [0.25, 0.3) is 5.91 Å². The van der Waals surface area contributed by atoms with E-state index in [2.05, 4.69) is 46.8 Å². The molecule has 0 bridgehead atoms. The maximum Gasteiger partial charge on any atom is 0.271 e. The van der Waals surface area contributed by atoms with Gasteiger partial charge in [0, 0.05) is 22.2 Å². The first-order valence-corrected chi connectivity index (χ1v) is 11.9. The Bertz CT molecular complexity index is 1250. The molecule has 0 saturated heterocycles. The van der Waals surface area contributed by atoms with E-state index in [-0.39, 0.29) is 5.91 Å². The summed E-state index contributed by atoms with van der Waals surface area (Å²) in [7, 11) is 0. The van der Waals surface area contributed by atoms with Crippen molar-refractivity contribution in [3.05, 3.63) is 94.9 Å². The van der Waals surface area contributed by atoms with Gasteiger partial charge in [0.05, 0.1) is 18.5 Å². The minimum Gasteiger partial charge on any atom is -0.494 e. The molecule has 0 fully saturated rings. The highest BCUT2D eigenvalue weighted by molar-refractivity contribution is 7.14. The van der Waals surface area contributed by atoms with Gasteiger partial charge in [0.2, 0.25) is 0 Å². The third kappa shape index (κ3) is 6.30. The maximum absolute atomic E-state index is 12.4. The summed E-state index contributed by atoms with van der Waals surface area (Å²) in [5.74, 6) is 0.548. The summed E-state index contributed by atoms with van der Waals surface area (Å²) >= 11 is 1.54. The van der Waals surface area contributed by atoms with Crippen LogP contribution in [0.5, 0.6) is 5.75 Å². The Labute approximate surface area is 203 Å². The molecule has 4 aromatic rings. The van der Waals surface area contributed by atoms with E-state index in [1.807, 2.05) is 53.9 Å². The Kier molecular flexibility index (Phi) is 7.67. The lowest BCUT2D eigenvalue weighted by Crippen LogP contribution is -2.17. The Morgan fingerprint density at radius 2 is 1.76 bits per heavy atom. The highest BCUT2D eigenvalue weighted by atomic mass is 32.1. The molecule has 0 unspecified atom stereocenters. The number of nitrogens with one attached hydrogen (secondary N) is 2. The van der Waals surface area contributed by atoms with Crippen LogP contribution in [-0.2, 0) is 0 Å². The second-order valence-electron chi connectivity index (χ2n) is 7.72. The van der Waals surface area contributed by atoms with E-state index in [0.717, 1.165) is 39.8 Å². The minimum atomic E-state index is -0.272. The molecule has 34 heavy (non-hydrogen) atoms. The number of nitrogens with zero attached hydrogens (tertiary/aromatic N) is 2. The van der Waals surface area contributed by atoms with Gasteiger partial charge in [-0.15, -0.1) is 11.3 Å². The standard InChI is InChI=1S/C27H26N4O2S/c1-3-16-33-24-14-6-20(7-15-24)17-28-31-26(32)22-10-8-21(9-11-22)25-18-34-27(30-25)29-23-12-4-19(2)5-13-23/h4-15,17-18H,3,16H2,1-2H3,(H,29,30)(H,31,32)/b28-17-. The monoisotopic (exact) mass is 470 g/mol. The lowest BCUT2D eigenvalue weighted by molar-refractivity contribution is 0.0955. The number of ether oxygens (including phenoxy) is 1. The molecular weight excluding hydrogens is 444 g/mol. The molecule has 0 spiro atoms. The van der Waals surface area contributed by atoms with E-state index in [4.69, 9.17) is 4.74 Å². The fraction of sp³-hybridized carbons (Fsp3) is 0.148. The SMILES string of the molecule is CCCOc1ccc(/C=N\NC(=O)c2ccc(-c3csc(Nc4ccc(C)cc4)n3)cc2)cc1. The molecular formula is C27H26N4O2S. The molecule has 3 aromatic carbocycles. The molecule has 2 N–H and O–H groups in total. The van der Waals surface area contributed by atoms with Gasteiger partial charge in [-0.2, -0.15) is 5.10 Å². The van der Waals surface area contributed by atoms with Gasteiger partial charge in [-0.05, 0) is 67.4 Å². The van der Waals surface area contributed by atoms with Crippen molar-refractivity contribution in [3.63, 3.8) is 0 Å². The second kappa shape index (κ2) is 11.2. The number of anilines is 2. The van der Waals surface area contributed by atoms with Crippen LogP contribution in [0.2, 0.25) is 0 Å². The molecule has 0 aliphatic carbocycles. The number of hydrogen-bond donors (Lipinski definition) is 2. The Morgan fingerprint density at radius 3 is 2.47 bits per heavy atom. The van der Waals surface area contributed by atoms with Crippen LogP contribution in [-0.4, -0.2) is 23.7 Å². The lowest BCUT2D eigenvalue weighted by atomic mass is 10.1. The number of aromatic nitrogens is 1. The van der Waals surface area contributed by atoms with E-state index in [1.165, 1.54) is 16.9 Å². The first-order valence-electron chi connectivity index (χ1n) is 11.1. The molecule has 7 heteroatoms. The predicted molar refractivity (Wildman–Crippen MR) is 139 cm³/mol. The zero-order chi connectivity index (χ0) is 23.8. The van der Waals surface area contributed by atoms with Crippen molar-refractivity contribution in [1.82, 2.24) is 10.4 Å². The number of carbonyl (C=O) groups is 1. The topological polar surface area (TPSA) is 75.6 Å². The molecule has 172 valence electrons. The smallest absolute Gasteiger partial charge is 0.271 e. The third-order valence-corrected chi connectivity index (χ3v) is 5.74. The summed E-state index contributed by atoms with van der Waals surface area (Å²) in [5, 5.41) is 10.2.